The summed E-state index contributed by atoms with van der Waals surface area (Å²) in [5.41, 5.74) is 1.56. The predicted octanol–water partition coefficient (Wildman–Crippen LogP) is 2.87. The molecular formula is C18H19NO4. The van der Waals surface area contributed by atoms with E-state index in [0.717, 1.165) is 5.56 Å². The molecule has 0 radical (unpaired) electrons. The van der Waals surface area contributed by atoms with Crippen LogP contribution in [0, 0.1) is 0 Å². The molecule has 0 saturated heterocycles. The molecule has 0 aromatic heterocycles. The molecule has 1 aliphatic heterocycles. The van der Waals surface area contributed by atoms with Gasteiger partial charge in [0.05, 0.1) is 12.0 Å². The summed E-state index contributed by atoms with van der Waals surface area (Å²) in [5, 5.41) is 20.2. The molecule has 0 fully saturated rings. The first-order valence-corrected chi connectivity index (χ1v) is 7.44. The molecule has 0 bridgehead atoms. The van der Waals surface area contributed by atoms with E-state index in [-0.39, 0.29) is 35.0 Å². The molecule has 120 valence electrons. The standard InChI is InChI=1S/C18H19NO4/c1-19(2)10-12-13(20)8-14(21)17-15(22)9-16(23-18(12)17)11-6-4-3-5-7-11/h3-8,16,20-21H,9-10H2,1-2H3/t16-/m0/s1. The molecule has 1 heterocycles. The lowest BCUT2D eigenvalue weighted by atomic mass is 9.93. The summed E-state index contributed by atoms with van der Waals surface area (Å²) >= 11 is 0. The number of phenolic OH excluding ortho intramolecular Hbond substituents is 2. The van der Waals surface area contributed by atoms with E-state index in [1.807, 2.05) is 49.3 Å². The first-order chi connectivity index (χ1) is 11.0. The van der Waals surface area contributed by atoms with Gasteiger partial charge in [-0.1, -0.05) is 30.3 Å². The highest BCUT2D eigenvalue weighted by Gasteiger charge is 2.33. The molecule has 5 nitrogen and oxygen atoms in total. The third-order valence-electron chi connectivity index (χ3n) is 3.90. The van der Waals surface area contributed by atoms with Gasteiger partial charge >= 0.3 is 0 Å². The van der Waals surface area contributed by atoms with Crippen molar-refractivity contribution in [2.75, 3.05) is 14.1 Å². The second-order valence-electron chi connectivity index (χ2n) is 5.98. The molecule has 0 unspecified atom stereocenters. The highest BCUT2D eigenvalue weighted by molar-refractivity contribution is 6.03. The summed E-state index contributed by atoms with van der Waals surface area (Å²) in [5.74, 6) is -0.216. The van der Waals surface area contributed by atoms with E-state index in [9.17, 15) is 15.0 Å². The zero-order valence-corrected chi connectivity index (χ0v) is 13.1. The third-order valence-corrected chi connectivity index (χ3v) is 3.90. The molecule has 2 aromatic carbocycles. The summed E-state index contributed by atoms with van der Waals surface area (Å²) in [6.45, 7) is 0.406. The number of hydrogen-bond acceptors (Lipinski definition) is 5. The minimum absolute atomic E-state index is 0.0727. The van der Waals surface area contributed by atoms with Crippen molar-refractivity contribution in [3.05, 3.63) is 53.1 Å². The molecule has 1 aliphatic rings. The fraction of sp³-hybridized carbons (Fsp3) is 0.278. The number of ether oxygens (including phenoxy) is 1. The number of phenols is 2. The van der Waals surface area contributed by atoms with Crippen molar-refractivity contribution in [1.82, 2.24) is 4.90 Å². The Hall–Kier alpha value is -2.53. The van der Waals surface area contributed by atoms with Crippen LogP contribution in [0.15, 0.2) is 36.4 Å². The molecule has 0 saturated carbocycles. The maximum absolute atomic E-state index is 12.5. The average Bonchev–Trinajstić information content (AvgIpc) is 2.51. The lowest BCUT2D eigenvalue weighted by molar-refractivity contribution is 0.0840. The lowest BCUT2D eigenvalue weighted by Crippen LogP contribution is -2.23. The van der Waals surface area contributed by atoms with Gasteiger partial charge in [-0.3, -0.25) is 4.79 Å². The van der Waals surface area contributed by atoms with Gasteiger partial charge in [-0.25, -0.2) is 0 Å². The third kappa shape index (κ3) is 2.87. The van der Waals surface area contributed by atoms with Crippen molar-refractivity contribution in [2.24, 2.45) is 0 Å². The fourth-order valence-corrected chi connectivity index (χ4v) is 2.85. The number of Topliss-reactive ketones (excluding diaryl/α,β-unsaturated/α-hetero) is 1. The maximum atomic E-state index is 12.5. The number of aromatic hydroxyl groups is 2. The summed E-state index contributed by atoms with van der Waals surface area (Å²) in [6.07, 6.45) is -0.255. The second-order valence-corrected chi connectivity index (χ2v) is 5.98. The smallest absolute Gasteiger partial charge is 0.174 e. The topological polar surface area (TPSA) is 70.0 Å². The Kier molecular flexibility index (Phi) is 3.96. The number of carbonyl (C=O) groups is 1. The van der Waals surface area contributed by atoms with Gasteiger partial charge in [0, 0.05) is 12.6 Å². The normalized spacial score (nSPS) is 17.0. The molecular weight excluding hydrogens is 294 g/mol. The van der Waals surface area contributed by atoms with Crippen LogP contribution in [-0.4, -0.2) is 35.0 Å². The van der Waals surface area contributed by atoms with Gasteiger partial charge in [-0.2, -0.15) is 0 Å². The zero-order chi connectivity index (χ0) is 16.6. The molecule has 0 spiro atoms. The first-order valence-electron chi connectivity index (χ1n) is 7.44. The van der Waals surface area contributed by atoms with Gasteiger partial charge in [0.25, 0.3) is 0 Å². The largest absolute Gasteiger partial charge is 0.507 e. The van der Waals surface area contributed by atoms with Crippen molar-refractivity contribution in [3.63, 3.8) is 0 Å². The van der Waals surface area contributed by atoms with E-state index in [2.05, 4.69) is 0 Å². The van der Waals surface area contributed by atoms with Gasteiger partial charge in [0.1, 0.15) is 28.9 Å². The second kappa shape index (κ2) is 5.93. The van der Waals surface area contributed by atoms with Crippen molar-refractivity contribution in [1.29, 1.82) is 0 Å². The van der Waals surface area contributed by atoms with Crippen LogP contribution in [0.1, 0.15) is 34.0 Å². The lowest BCUT2D eigenvalue weighted by Gasteiger charge is -2.29. The summed E-state index contributed by atoms with van der Waals surface area (Å²) in [4.78, 5) is 14.4. The quantitative estimate of drug-likeness (QED) is 0.912. The number of ketones is 1. The van der Waals surface area contributed by atoms with Crippen LogP contribution in [-0.2, 0) is 6.54 Å². The van der Waals surface area contributed by atoms with Crippen LogP contribution in [0.3, 0.4) is 0 Å². The molecule has 0 amide bonds. The van der Waals surface area contributed by atoms with Crippen LogP contribution < -0.4 is 4.74 Å². The number of rotatable bonds is 3. The van der Waals surface area contributed by atoms with Gasteiger partial charge in [-0.05, 0) is 19.7 Å². The Labute approximate surface area is 134 Å². The molecule has 3 rings (SSSR count). The predicted molar refractivity (Wildman–Crippen MR) is 85.9 cm³/mol. The minimum atomic E-state index is -0.418. The Morgan fingerprint density at radius 3 is 2.52 bits per heavy atom. The van der Waals surface area contributed by atoms with Crippen molar-refractivity contribution in [2.45, 2.75) is 19.1 Å². The number of nitrogens with zero attached hydrogens (tertiary/aromatic N) is 1. The summed E-state index contributed by atoms with van der Waals surface area (Å²) < 4.78 is 6.01. The Bertz CT molecular complexity index is 740. The van der Waals surface area contributed by atoms with E-state index in [0.29, 0.717) is 12.1 Å². The van der Waals surface area contributed by atoms with Crippen LogP contribution in [0.2, 0.25) is 0 Å². The number of carbonyl (C=O) groups excluding carboxylic acids is 1. The van der Waals surface area contributed by atoms with Gasteiger partial charge in [0.2, 0.25) is 0 Å². The number of fused-ring (bicyclic) bond motifs is 1. The maximum Gasteiger partial charge on any atom is 0.174 e. The van der Waals surface area contributed by atoms with Crippen LogP contribution in [0.25, 0.3) is 0 Å². The Morgan fingerprint density at radius 1 is 1.17 bits per heavy atom. The van der Waals surface area contributed by atoms with Crippen molar-refractivity contribution >= 4 is 5.78 Å². The Morgan fingerprint density at radius 2 is 1.87 bits per heavy atom. The Balaban J connectivity index is 2.09. The van der Waals surface area contributed by atoms with Crippen molar-refractivity contribution < 1.29 is 19.7 Å². The van der Waals surface area contributed by atoms with Gasteiger partial charge in [-0.15, -0.1) is 0 Å². The van der Waals surface area contributed by atoms with Crippen LogP contribution >= 0.6 is 0 Å². The van der Waals surface area contributed by atoms with E-state index in [1.165, 1.54) is 6.07 Å². The monoisotopic (exact) mass is 313 g/mol. The van der Waals surface area contributed by atoms with Crippen LogP contribution in [0.4, 0.5) is 0 Å². The minimum Gasteiger partial charge on any atom is -0.507 e. The van der Waals surface area contributed by atoms with E-state index >= 15 is 0 Å². The fourth-order valence-electron chi connectivity index (χ4n) is 2.85. The molecule has 23 heavy (non-hydrogen) atoms. The van der Waals surface area contributed by atoms with Crippen molar-refractivity contribution in [3.8, 4) is 17.2 Å². The van der Waals surface area contributed by atoms with Gasteiger partial charge in [0.15, 0.2) is 5.78 Å². The highest BCUT2D eigenvalue weighted by atomic mass is 16.5. The molecule has 2 aromatic rings. The first kappa shape index (κ1) is 15.4. The number of benzene rings is 2. The van der Waals surface area contributed by atoms with E-state index < -0.39 is 6.10 Å². The number of hydrogen-bond donors (Lipinski definition) is 2. The van der Waals surface area contributed by atoms with E-state index in [4.69, 9.17) is 4.74 Å². The molecule has 0 aliphatic carbocycles. The molecule has 5 heteroatoms. The zero-order valence-electron chi connectivity index (χ0n) is 13.1. The molecule has 2 N–H and O–H groups in total. The SMILES string of the molecule is CN(C)Cc1c(O)cc(O)c2c1O[C@H](c1ccccc1)CC2=O. The van der Waals surface area contributed by atoms with Gasteiger partial charge < -0.3 is 19.8 Å². The summed E-state index contributed by atoms with van der Waals surface area (Å²) in [6, 6.07) is 10.7. The molecule has 1 atom stereocenters. The average molecular weight is 313 g/mol. The van der Waals surface area contributed by atoms with Crippen LogP contribution in [0.5, 0.6) is 17.2 Å². The summed E-state index contributed by atoms with van der Waals surface area (Å²) in [7, 11) is 3.72. The highest BCUT2D eigenvalue weighted by Crippen LogP contribution is 2.45. The van der Waals surface area contributed by atoms with E-state index in [1.54, 1.807) is 0 Å².